The van der Waals surface area contributed by atoms with Gasteiger partial charge in [-0.1, -0.05) is 5.21 Å². The number of halogens is 1. The average Bonchev–Trinajstić information content (AvgIpc) is 3.28. The Morgan fingerprint density at radius 1 is 1.37 bits per heavy atom. The molecule has 3 aromatic rings. The van der Waals surface area contributed by atoms with Gasteiger partial charge < -0.3 is 15.2 Å². The lowest BCUT2D eigenvalue weighted by Gasteiger charge is -2.22. The largest absolute Gasteiger partial charge is 0.350 e. The molecule has 3 heterocycles. The Kier molecular flexibility index (Phi) is 4.85. The summed E-state index contributed by atoms with van der Waals surface area (Å²) >= 11 is 0. The number of imidazole rings is 1. The lowest BCUT2D eigenvalue weighted by molar-refractivity contribution is 0.0949. The molecule has 27 heavy (non-hydrogen) atoms. The third-order valence-electron chi connectivity index (χ3n) is 5.00. The number of amides is 1. The Hall–Kier alpha value is -2.81. The second-order valence-electron chi connectivity index (χ2n) is 6.79. The third-order valence-corrected chi connectivity index (χ3v) is 5.00. The molecule has 0 aliphatic carbocycles. The van der Waals surface area contributed by atoms with Gasteiger partial charge in [-0.05, 0) is 38.1 Å². The summed E-state index contributed by atoms with van der Waals surface area (Å²) in [4.78, 5) is 16.8. The van der Waals surface area contributed by atoms with Crippen LogP contribution in [-0.4, -0.2) is 50.1 Å². The lowest BCUT2D eigenvalue weighted by Crippen LogP contribution is -2.29. The second-order valence-corrected chi connectivity index (χ2v) is 6.79. The van der Waals surface area contributed by atoms with E-state index in [2.05, 4.69) is 25.9 Å². The van der Waals surface area contributed by atoms with Crippen molar-refractivity contribution in [2.45, 2.75) is 25.3 Å². The van der Waals surface area contributed by atoms with E-state index >= 15 is 0 Å². The van der Waals surface area contributed by atoms with Crippen molar-refractivity contribution in [2.75, 3.05) is 19.6 Å². The summed E-state index contributed by atoms with van der Waals surface area (Å²) in [5.41, 5.74) is 1.80. The van der Waals surface area contributed by atoms with Crippen LogP contribution < -0.4 is 10.6 Å². The van der Waals surface area contributed by atoms with Gasteiger partial charge in [0.05, 0.1) is 23.3 Å². The van der Waals surface area contributed by atoms with Gasteiger partial charge in [0.1, 0.15) is 11.6 Å². The van der Waals surface area contributed by atoms with Gasteiger partial charge in [-0.15, -0.1) is 5.10 Å². The number of fused-ring (bicyclic) bond motifs is 1. The standard InChI is InChI=1S/C18H22FN7O/c1-25-16-3-2-12(19)10-14(16)22-17(25)6-9-21-18(27)15-11-26(24-23-15)13-4-7-20-8-5-13/h2-3,10-11,13,20H,4-9H2,1H3,(H,21,27). The Balaban J connectivity index is 1.36. The summed E-state index contributed by atoms with van der Waals surface area (Å²) in [5.74, 6) is 0.228. The topological polar surface area (TPSA) is 89.7 Å². The number of hydrogen-bond acceptors (Lipinski definition) is 5. The highest BCUT2D eigenvalue weighted by Crippen LogP contribution is 2.17. The highest BCUT2D eigenvalue weighted by atomic mass is 19.1. The highest BCUT2D eigenvalue weighted by molar-refractivity contribution is 5.91. The van der Waals surface area contributed by atoms with Gasteiger partial charge in [0.2, 0.25) is 0 Å². The van der Waals surface area contributed by atoms with Gasteiger partial charge >= 0.3 is 0 Å². The zero-order valence-electron chi connectivity index (χ0n) is 15.2. The van der Waals surface area contributed by atoms with Gasteiger partial charge in [0.25, 0.3) is 5.91 Å². The first kappa shape index (κ1) is 17.6. The fourth-order valence-electron chi connectivity index (χ4n) is 3.46. The molecule has 0 atom stereocenters. The number of aromatic nitrogens is 5. The van der Waals surface area contributed by atoms with Gasteiger partial charge in [0, 0.05) is 26.1 Å². The molecule has 1 aliphatic rings. The van der Waals surface area contributed by atoms with Crippen molar-refractivity contribution in [3.8, 4) is 0 Å². The number of piperidine rings is 1. The van der Waals surface area contributed by atoms with E-state index in [1.165, 1.54) is 12.1 Å². The Labute approximate surface area is 155 Å². The summed E-state index contributed by atoms with van der Waals surface area (Å²) in [6.07, 6.45) is 4.22. The van der Waals surface area contributed by atoms with Crippen molar-refractivity contribution in [1.82, 2.24) is 35.2 Å². The van der Waals surface area contributed by atoms with Gasteiger partial charge in [-0.25, -0.2) is 14.1 Å². The van der Waals surface area contributed by atoms with Gasteiger partial charge in [0.15, 0.2) is 5.69 Å². The first-order valence-corrected chi connectivity index (χ1v) is 9.13. The van der Waals surface area contributed by atoms with Crippen LogP contribution in [0.2, 0.25) is 0 Å². The summed E-state index contributed by atoms with van der Waals surface area (Å²) in [6.45, 7) is 2.32. The van der Waals surface area contributed by atoms with Crippen LogP contribution in [0.5, 0.6) is 0 Å². The fraction of sp³-hybridized carbons (Fsp3) is 0.444. The third kappa shape index (κ3) is 3.68. The van der Waals surface area contributed by atoms with Crippen LogP contribution in [0.1, 0.15) is 35.2 Å². The van der Waals surface area contributed by atoms with Crippen LogP contribution in [-0.2, 0) is 13.5 Å². The zero-order chi connectivity index (χ0) is 18.8. The number of carbonyl (C=O) groups is 1. The summed E-state index contributed by atoms with van der Waals surface area (Å²) in [7, 11) is 1.88. The first-order valence-electron chi connectivity index (χ1n) is 9.13. The van der Waals surface area contributed by atoms with E-state index in [1.54, 1.807) is 16.9 Å². The van der Waals surface area contributed by atoms with Gasteiger partial charge in [-0.3, -0.25) is 4.79 Å². The Bertz CT molecular complexity index is 958. The molecule has 1 fully saturated rings. The Morgan fingerprint density at radius 3 is 3.00 bits per heavy atom. The quantitative estimate of drug-likeness (QED) is 0.703. The molecule has 0 radical (unpaired) electrons. The van der Waals surface area contributed by atoms with Crippen LogP contribution in [0.4, 0.5) is 4.39 Å². The lowest BCUT2D eigenvalue weighted by atomic mass is 10.1. The van der Waals surface area contributed by atoms with E-state index < -0.39 is 0 Å². The monoisotopic (exact) mass is 371 g/mol. The Morgan fingerprint density at radius 2 is 2.19 bits per heavy atom. The summed E-state index contributed by atoms with van der Waals surface area (Å²) in [5, 5.41) is 14.3. The number of nitrogens with one attached hydrogen (secondary N) is 2. The molecule has 0 spiro atoms. The number of benzene rings is 1. The second kappa shape index (κ2) is 7.43. The number of carbonyl (C=O) groups excluding carboxylic acids is 1. The molecule has 142 valence electrons. The van der Waals surface area contributed by atoms with Crippen molar-refractivity contribution >= 4 is 16.9 Å². The molecule has 9 heteroatoms. The number of rotatable bonds is 5. The van der Waals surface area contributed by atoms with Crippen molar-refractivity contribution in [3.05, 3.63) is 41.7 Å². The highest BCUT2D eigenvalue weighted by Gasteiger charge is 2.18. The summed E-state index contributed by atoms with van der Waals surface area (Å²) in [6, 6.07) is 4.83. The van der Waals surface area contributed by atoms with Crippen LogP contribution in [0.15, 0.2) is 24.4 Å². The molecule has 1 aromatic carbocycles. The molecule has 1 saturated heterocycles. The minimum Gasteiger partial charge on any atom is -0.350 e. The first-order chi connectivity index (χ1) is 13.1. The van der Waals surface area contributed by atoms with Crippen LogP contribution >= 0.6 is 0 Å². The van der Waals surface area contributed by atoms with Crippen LogP contribution in [0.3, 0.4) is 0 Å². The zero-order valence-corrected chi connectivity index (χ0v) is 15.2. The maximum Gasteiger partial charge on any atom is 0.273 e. The van der Waals surface area contributed by atoms with E-state index in [0.717, 1.165) is 37.3 Å². The molecule has 0 bridgehead atoms. The van der Waals surface area contributed by atoms with E-state index in [0.29, 0.717) is 30.2 Å². The average molecular weight is 371 g/mol. The molecule has 1 amide bonds. The van der Waals surface area contributed by atoms with Crippen LogP contribution in [0.25, 0.3) is 11.0 Å². The molecule has 2 aromatic heterocycles. The molecule has 0 saturated carbocycles. The fourth-order valence-corrected chi connectivity index (χ4v) is 3.46. The number of aryl methyl sites for hydroxylation is 1. The number of hydrogen-bond donors (Lipinski definition) is 2. The summed E-state index contributed by atoms with van der Waals surface area (Å²) < 4.78 is 17.0. The molecule has 4 rings (SSSR count). The maximum absolute atomic E-state index is 13.3. The van der Waals surface area contributed by atoms with Crippen molar-refractivity contribution in [2.24, 2.45) is 7.05 Å². The van der Waals surface area contributed by atoms with Crippen LogP contribution in [0, 0.1) is 5.82 Å². The normalized spacial score (nSPS) is 15.3. The molecule has 1 aliphatic heterocycles. The molecular weight excluding hydrogens is 349 g/mol. The van der Waals surface area contributed by atoms with Crippen molar-refractivity contribution in [3.63, 3.8) is 0 Å². The van der Waals surface area contributed by atoms with Gasteiger partial charge in [-0.2, -0.15) is 0 Å². The predicted molar refractivity (Wildman–Crippen MR) is 97.9 cm³/mol. The smallest absolute Gasteiger partial charge is 0.273 e. The SMILES string of the molecule is Cn1c(CCNC(=O)c2cn(C3CCNCC3)nn2)nc2cc(F)ccc21. The van der Waals surface area contributed by atoms with Crippen molar-refractivity contribution in [1.29, 1.82) is 0 Å². The maximum atomic E-state index is 13.3. The minimum atomic E-state index is -0.308. The molecule has 8 nitrogen and oxygen atoms in total. The van der Waals surface area contributed by atoms with E-state index in [-0.39, 0.29) is 11.7 Å². The van der Waals surface area contributed by atoms with E-state index in [1.807, 2.05) is 11.6 Å². The molecule has 0 unspecified atom stereocenters. The molecular formula is C18H22FN7O. The minimum absolute atomic E-state index is 0.250. The van der Waals surface area contributed by atoms with E-state index in [9.17, 15) is 9.18 Å². The van der Waals surface area contributed by atoms with Crippen molar-refractivity contribution < 1.29 is 9.18 Å². The predicted octanol–water partition coefficient (Wildman–Crippen LogP) is 1.20. The molecule has 2 N–H and O–H groups in total. The number of nitrogens with zero attached hydrogens (tertiary/aromatic N) is 5. The van der Waals surface area contributed by atoms with E-state index in [4.69, 9.17) is 0 Å².